The summed E-state index contributed by atoms with van der Waals surface area (Å²) >= 11 is 4.62. The van der Waals surface area contributed by atoms with Gasteiger partial charge in [0.15, 0.2) is 0 Å². The van der Waals surface area contributed by atoms with Crippen molar-refractivity contribution in [2.45, 2.75) is 52.4 Å². The van der Waals surface area contributed by atoms with Gasteiger partial charge in [-0.05, 0) is 24.3 Å². The molecule has 0 bridgehead atoms. The Morgan fingerprint density at radius 3 is 1.39 bits per heavy atom. The predicted octanol–water partition coefficient (Wildman–Crippen LogP) is -7.06. The van der Waals surface area contributed by atoms with Crippen LogP contribution in [-0.4, -0.2) is 11.5 Å². The standard InChI is InChI=1S/C10H22O2PS2.3K/c1-3-5-7-9-15(13(11,12)14)10-8-6-4-2;;;/h3-10H2,1-2H3;;;/q-3;3*+1. The second kappa shape index (κ2) is 21.0. The first-order valence-electron chi connectivity index (χ1n) is 5.72. The van der Waals surface area contributed by atoms with Gasteiger partial charge in [-0.2, -0.15) is 0 Å². The average Bonchev–Trinajstić information content (AvgIpc) is 2.14. The molecule has 0 unspecified atom stereocenters. The van der Waals surface area contributed by atoms with E-state index < -0.39 is 15.8 Å². The van der Waals surface area contributed by atoms with Gasteiger partial charge in [0, 0.05) is 0 Å². The van der Waals surface area contributed by atoms with Gasteiger partial charge in [-0.3, -0.25) is 0 Å². The molecule has 0 radical (unpaired) electrons. The quantitative estimate of drug-likeness (QED) is 0.180. The molecule has 0 amide bonds. The second-order valence-corrected chi connectivity index (χ2v) is 11.5. The summed E-state index contributed by atoms with van der Waals surface area (Å²) < 4.78 is 0. The van der Waals surface area contributed by atoms with Gasteiger partial charge in [-0.25, -0.2) is 10.1 Å². The smallest absolute Gasteiger partial charge is 0.854 e. The first-order valence-corrected chi connectivity index (χ1v) is 10.5. The Kier molecular flexibility index (Phi) is 37.0. The van der Waals surface area contributed by atoms with E-state index in [4.69, 9.17) is 0 Å². The molecule has 0 rings (SSSR count). The van der Waals surface area contributed by atoms with Crippen LogP contribution in [0.1, 0.15) is 52.4 Å². The van der Waals surface area contributed by atoms with Crippen molar-refractivity contribution in [3.63, 3.8) is 0 Å². The van der Waals surface area contributed by atoms with Crippen molar-refractivity contribution in [2.24, 2.45) is 0 Å². The normalized spacial score (nSPS) is 10.3. The fourth-order valence-corrected chi connectivity index (χ4v) is 6.55. The molecule has 94 valence electrons. The van der Waals surface area contributed by atoms with Gasteiger partial charge < -0.3 is 27.7 Å². The van der Waals surface area contributed by atoms with Crippen LogP contribution >= 0.6 is 5.69 Å². The first kappa shape index (κ1) is 31.7. The molecule has 0 N–H and O–H groups in total. The summed E-state index contributed by atoms with van der Waals surface area (Å²) in [4.78, 5) is 22.7. The molecule has 0 aliphatic rings. The number of hydrogen-bond acceptors (Lipinski definition) is 3. The minimum absolute atomic E-state index is 0. The molecule has 8 heteroatoms. The number of rotatable bonds is 8. The summed E-state index contributed by atoms with van der Waals surface area (Å²) in [6.45, 7) is 4.25. The van der Waals surface area contributed by atoms with E-state index >= 15 is 0 Å². The van der Waals surface area contributed by atoms with E-state index in [1.165, 1.54) is 0 Å². The van der Waals surface area contributed by atoms with Crippen molar-refractivity contribution >= 4 is 28.0 Å². The summed E-state index contributed by atoms with van der Waals surface area (Å²) in [6.07, 6.45) is 6.52. The van der Waals surface area contributed by atoms with Crippen LogP contribution in [0.15, 0.2) is 0 Å². The van der Waals surface area contributed by atoms with Crippen LogP contribution in [0.5, 0.6) is 0 Å². The van der Waals surface area contributed by atoms with Crippen molar-refractivity contribution in [1.82, 2.24) is 0 Å². The molecule has 0 spiro atoms. The van der Waals surface area contributed by atoms with E-state index in [2.05, 4.69) is 26.1 Å². The minimum Gasteiger partial charge on any atom is -0.854 e. The fourth-order valence-electron chi connectivity index (χ4n) is 1.36. The van der Waals surface area contributed by atoms with Crippen LogP contribution in [0.4, 0.5) is 0 Å². The number of unbranched alkanes of at least 4 members (excludes halogenated alkanes) is 4. The molecule has 0 aromatic rings. The molecular formula is C10H22K3O2PS2. The van der Waals surface area contributed by atoms with Crippen LogP contribution in [-0.2, 0) is 22.3 Å². The Bertz CT molecular complexity index is 205. The zero-order valence-corrected chi connectivity index (χ0v) is 24.6. The third-order valence-electron chi connectivity index (χ3n) is 2.28. The van der Waals surface area contributed by atoms with Crippen LogP contribution in [0.25, 0.3) is 0 Å². The summed E-state index contributed by atoms with van der Waals surface area (Å²) in [5.41, 5.74) is -3.50. The van der Waals surface area contributed by atoms with Crippen molar-refractivity contribution in [2.75, 3.05) is 11.5 Å². The van der Waals surface area contributed by atoms with Gasteiger partial charge in [-0.15, -0.1) is 0 Å². The largest absolute Gasteiger partial charge is 1.00 e. The Labute approximate surface area is 249 Å². The van der Waals surface area contributed by atoms with E-state index in [9.17, 15) is 9.79 Å². The predicted molar refractivity (Wildman–Crippen MR) is 70.4 cm³/mol. The third kappa shape index (κ3) is 20.0. The van der Waals surface area contributed by atoms with E-state index in [-0.39, 0.29) is 154 Å². The van der Waals surface area contributed by atoms with Crippen LogP contribution in [0.2, 0.25) is 0 Å². The minimum atomic E-state index is -3.50. The summed E-state index contributed by atoms with van der Waals surface area (Å²) in [5, 5.41) is 0. The van der Waals surface area contributed by atoms with Crippen molar-refractivity contribution in [3.8, 4) is 0 Å². The molecule has 0 aliphatic heterocycles. The zero-order valence-electron chi connectivity index (χ0n) is 12.7. The molecule has 18 heavy (non-hydrogen) atoms. The van der Waals surface area contributed by atoms with E-state index in [1.54, 1.807) is 0 Å². The maximum absolute atomic E-state index is 11.4. The summed E-state index contributed by atoms with van der Waals surface area (Å²) in [7, 11) is -0.530. The zero-order chi connectivity index (χ0) is 11.7. The van der Waals surface area contributed by atoms with Gasteiger partial charge in [0.1, 0.15) is 0 Å². The fraction of sp³-hybridized carbons (Fsp3) is 1.00. The molecular weight excluding hydrogens is 365 g/mol. The topological polar surface area (TPSA) is 46.1 Å². The molecule has 0 saturated heterocycles. The van der Waals surface area contributed by atoms with Crippen LogP contribution in [0.3, 0.4) is 0 Å². The SMILES string of the molecule is CCCCCS(CCCCC)=P([O-])([O-])[S-].[K+].[K+].[K+]. The molecule has 0 aromatic carbocycles. The van der Waals surface area contributed by atoms with Crippen LogP contribution in [0, 0.1) is 0 Å². The Balaban J connectivity index is -0.000000327. The molecule has 0 aliphatic carbocycles. The van der Waals surface area contributed by atoms with Gasteiger partial charge in [0.25, 0.3) is 0 Å². The first-order chi connectivity index (χ1) is 7.02. The average molecular weight is 387 g/mol. The van der Waals surface area contributed by atoms with Crippen molar-refractivity contribution in [3.05, 3.63) is 0 Å². The number of hydrogen-bond donors (Lipinski definition) is 0. The second-order valence-electron chi connectivity index (χ2n) is 3.73. The van der Waals surface area contributed by atoms with Crippen LogP contribution < -0.4 is 164 Å². The Morgan fingerprint density at radius 2 is 1.17 bits per heavy atom. The van der Waals surface area contributed by atoms with Gasteiger partial charge >= 0.3 is 154 Å². The maximum Gasteiger partial charge on any atom is 1.00 e. The van der Waals surface area contributed by atoms with E-state index in [1.807, 2.05) is 0 Å². The molecule has 2 nitrogen and oxygen atoms in total. The molecule has 0 atom stereocenters. The van der Waals surface area contributed by atoms with E-state index in [0.29, 0.717) is 0 Å². The Morgan fingerprint density at radius 1 is 0.833 bits per heavy atom. The molecule has 0 saturated carbocycles. The summed E-state index contributed by atoms with van der Waals surface area (Å²) in [6, 6.07) is 0. The molecule has 0 fully saturated rings. The Hall–Kier alpha value is 5.96. The molecule has 0 aromatic heterocycles. The van der Waals surface area contributed by atoms with E-state index in [0.717, 1.165) is 50.0 Å². The van der Waals surface area contributed by atoms with Crippen molar-refractivity contribution in [1.29, 1.82) is 0 Å². The molecule has 0 heterocycles. The van der Waals surface area contributed by atoms with Gasteiger partial charge in [0.05, 0.1) is 0 Å². The summed E-state index contributed by atoms with van der Waals surface area (Å²) in [5.74, 6) is 1.59. The van der Waals surface area contributed by atoms with Gasteiger partial charge in [-0.1, -0.05) is 39.5 Å². The maximum atomic E-state index is 11.4. The van der Waals surface area contributed by atoms with Crippen molar-refractivity contribution < 1.29 is 164 Å². The van der Waals surface area contributed by atoms with Gasteiger partial charge in [0.2, 0.25) is 0 Å². The monoisotopic (exact) mass is 386 g/mol. The third-order valence-corrected chi connectivity index (χ3v) is 9.33.